The van der Waals surface area contributed by atoms with Crippen molar-refractivity contribution in [3.63, 3.8) is 0 Å². The average Bonchev–Trinajstić information content (AvgIpc) is 3.14. The molecule has 1 aliphatic carbocycles. The molecule has 1 heterocycles. The Morgan fingerprint density at radius 1 is 1.47 bits per heavy atom. The van der Waals surface area contributed by atoms with E-state index in [1.807, 2.05) is 12.3 Å². The van der Waals surface area contributed by atoms with E-state index in [-0.39, 0.29) is 0 Å². The summed E-state index contributed by atoms with van der Waals surface area (Å²) in [7, 11) is 0. The lowest BCUT2D eigenvalue weighted by molar-refractivity contribution is 0.568. The minimum Gasteiger partial charge on any atom is -0.354 e. The molecule has 1 fully saturated rings. The molecule has 1 aromatic heterocycles. The van der Waals surface area contributed by atoms with Crippen molar-refractivity contribution in [3.8, 4) is 0 Å². The molecule has 17 heavy (non-hydrogen) atoms. The zero-order chi connectivity index (χ0) is 12.3. The zero-order valence-electron chi connectivity index (χ0n) is 10.7. The van der Waals surface area contributed by atoms with Gasteiger partial charge < -0.3 is 4.90 Å². The number of halogens is 1. The Labute approximate surface area is 109 Å². The third kappa shape index (κ3) is 3.60. The van der Waals surface area contributed by atoms with Crippen LogP contribution in [0.3, 0.4) is 0 Å². The molecule has 0 aliphatic heterocycles. The summed E-state index contributed by atoms with van der Waals surface area (Å²) in [5, 5.41) is 0. The highest BCUT2D eigenvalue weighted by Gasteiger charge is 2.29. The van der Waals surface area contributed by atoms with Crippen LogP contribution >= 0.6 is 11.6 Å². The summed E-state index contributed by atoms with van der Waals surface area (Å²) in [6, 6.07) is 4.84. The SMILES string of the molecule is CC(C)CCN(c1cc(CCl)ccn1)C1CC1. The first-order valence-electron chi connectivity index (χ1n) is 6.48. The number of pyridine rings is 1. The first-order chi connectivity index (χ1) is 8.20. The van der Waals surface area contributed by atoms with Crippen LogP contribution in [0.2, 0.25) is 0 Å². The van der Waals surface area contributed by atoms with Crippen molar-refractivity contribution in [2.24, 2.45) is 5.92 Å². The molecule has 1 aromatic rings. The molecule has 0 amide bonds. The maximum Gasteiger partial charge on any atom is 0.129 e. The Morgan fingerprint density at radius 2 is 2.24 bits per heavy atom. The van der Waals surface area contributed by atoms with Gasteiger partial charge in [-0.15, -0.1) is 11.6 Å². The van der Waals surface area contributed by atoms with E-state index in [0.29, 0.717) is 11.9 Å². The Morgan fingerprint density at radius 3 is 2.82 bits per heavy atom. The third-order valence-corrected chi connectivity index (χ3v) is 3.50. The van der Waals surface area contributed by atoms with E-state index >= 15 is 0 Å². The molecular weight excluding hydrogens is 232 g/mol. The number of anilines is 1. The van der Waals surface area contributed by atoms with Crippen LogP contribution in [0.15, 0.2) is 18.3 Å². The highest BCUT2D eigenvalue weighted by atomic mass is 35.5. The van der Waals surface area contributed by atoms with Crippen LogP contribution in [-0.4, -0.2) is 17.6 Å². The molecule has 0 bridgehead atoms. The number of rotatable bonds is 6. The smallest absolute Gasteiger partial charge is 0.129 e. The van der Waals surface area contributed by atoms with Crippen LogP contribution in [0.1, 0.15) is 38.7 Å². The third-order valence-electron chi connectivity index (χ3n) is 3.19. The van der Waals surface area contributed by atoms with Gasteiger partial charge in [0.2, 0.25) is 0 Å². The van der Waals surface area contributed by atoms with Gasteiger partial charge in [0.25, 0.3) is 0 Å². The maximum absolute atomic E-state index is 5.88. The van der Waals surface area contributed by atoms with Crippen molar-refractivity contribution in [2.45, 2.75) is 45.0 Å². The standard InChI is InChI=1S/C14H21ClN2/c1-11(2)6-8-17(13-3-4-13)14-9-12(10-15)5-7-16-14/h5,7,9,11,13H,3-4,6,8,10H2,1-2H3. The Balaban J connectivity index is 2.08. The fourth-order valence-electron chi connectivity index (χ4n) is 1.97. The topological polar surface area (TPSA) is 16.1 Å². The van der Waals surface area contributed by atoms with Crippen molar-refractivity contribution < 1.29 is 0 Å². The molecule has 0 radical (unpaired) electrons. The molecule has 2 nitrogen and oxygen atoms in total. The lowest BCUT2D eigenvalue weighted by atomic mass is 10.1. The molecule has 0 saturated heterocycles. The number of hydrogen-bond acceptors (Lipinski definition) is 2. The van der Waals surface area contributed by atoms with Crippen molar-refractivity contribution in [1.29, 1.82) is 0 Å². The molecule has 0 atom stereocenters. The summed E-state index contributed by atoms with van der Waals surface area (Å²) in [6.45, 7) is 5.66. The van der Waals surface area contributed by atoms with E-state index in [9.17, 15) is 0 Å². The average molecular weight is 253 g/mol. The molecule has 0 spiro atoms. The summed E-state index contributed by atoms with van der Waals surface area (Å²) in [5.74, 6) is 2.41. The van der Waals surface area contributed by atoms with Crippen molar-refractivity contribution in [2.75, 3.05) is 11.4 Å². The van der Waals surface area contributed by atoms with E-state index < -0.39 is 0 Å². The Bertz CT molecular complexity index is 361. The van der Waals surface area contributed by atoms with Gasteiger partial charge in [-0.3, -0.25) is 0 Å². The summed E-state index contributed by atoms with van der Waals surface area (Å²) in [5.41, 5.74) is 1.16. The molecule has 0 unspecified atom stereocenters. The second-order valence-electron chi connectivity index (χ2n) is 5.26. The van der Waals surface area contributed by atoms with Gasteiger partial charge in [0.05, 0.1) is 0 Å². The van der Waals surface area contributed by atoms with Gasteiger partial charge in [0.1, 0.15) is 5.82 Å². The predicted octanol–water partition coefficient (Wildman–Crippen LogP) is 3.84. The molecular formula is C14H21ClN2. The van der Waals surface area contributed by atoms with Gasteiger partial charge in [-0.05, 0) is 42.9 Å². The summed E-state index contributed by atoms with van der Waals surface area (Å²) in [4.78, 5) is 6.95. The van der Waals surface area contributed by atoms with E-state index in [1.54, 1.807) is 0 Å². The molecule has 1 saturated carbocycles. The molecule has 94 valence electrons. The van der Waals surface area contributed by atoms with Gasteiger partial charge in [0, 0.05) is 24.7 Å². The van der Waals surface area contributed by atoms with Gasteiger partial charge in [-0.2, -0.15) is 0 Å². The fourth-order valence-corrected chi connectivity index (χ4v) is 2.13. The van der Waals surface area contributed by atoms with E-state index in [4.69, 9.17) is 11.6 Å². The number of nitrogens with zero attached hydrogens (tertiary/aromatic N) is 2. The largest absolute Gasteiger partial charge is 0.354 e. The molecule has 2 rings (SSSR count). The molecule has 0 N–H and O–H groups in total. The van der Waals surface area contributed by atoms with Crippen LogP contribution in [0.4, 0.5) is 5.82 Å². The van der Waals surface area contributed by atoms with Crippen LogP contribution in [-0.2, 0) is 5.88 Å². The maximum atomic E-state index is 5.88. The van der Waals surface area contributed by atoms with Crippen molar-refractivity contribution in [3.05, 3.63) is 23.9 Å². The van der Waals surface area contributed by atoms with Crippen molar-refractivity contribution in [1.82, 2.24) is 4.98 Å². The first kappa shape index (κ1) is 12.7. The molecule has 1 aliphatic rings. The lowest BCUT2D eigenvalue weighted by Gasteiger charge is -2.24. The van der Waals surface area contributed by atoms with Crippen LogP contribution in [0, 0.1) is 5.92 Å². The monoisotopic (exact) mass is 252 g/mol. The van der Waals surface area contributed by atoms with Gasteiger partial charge >= 0.3 is 0 Å². The fraction of sp³-hybridized carbons (Fsp3) is 0.643. The van der Waals surface area contributed by atoms with Gasteiger partial charge in [0.15, 0.2) is 0 Å². The Kier molecular flexibility index (Phi) is 4.27. The minimum atomic E-state index is 0.568. The lowest BCUT2D eigenvalue weighted by Crippen LogP contribution is -2.28. The van der Waals surface area contributed by atoms with Crippen LogP contribution < -0.4 is 4.90 Å². The number of aromatic nitrogens is 1. The summed E-state index contributed by atoms with van der Waals surface area (Å²) >= 11 is 5.88. The summed E-state index contributed by atoms with van der Waals surface area (Å²) < 4.78 is 0. The number of alkyl halides is 1. The number of hydrogen-bond donors (Lipinski definition) is 0. The van der Waals surface area contributed by atoms with Crippen LogP contribution in [0.5, 0.6) is 0 Å². The minimum absolute atomic E-state index is 0.568. The van der Waals surface area contributed by atoms with E-state index in [2.05, 4.69) is 29.8 Å². The van der Waals surface area contributed by atoms with E-state index in [0.717, 1.165) is 23.8 Å². The Hall–Kier alpha value is -0.760. The highest BCUT2D eigenvalue weighted by molar-refractivity contribution is 6.17. The first-order valence-corrected chi connectivity index (χ1v) is 7.01. The molecule has 3 heteroatoms. The highest BCUT2D eigenvalue weighted by Crippen LogP contribution is 2.31. The normalized spacial score (nSPS) is 15.3. The van der Waals surface area contributed by atoms with Crippen LogP contribution in [0.25, 0.3) is 0 Å². The summed E-state index contributed by atoms with van der Waals surface area (Å²) in [6.07, 6.45) is 5.72. The predicted molar refractivity (Wildman–Crippen MR) is 73.6 cm³/mol. The molecule has 0 aromatic carbocycles. The quantitative estimate of drug-likeness (QED) is 0.716. The van der Waals surface area contributed by atoms with E-state index in [1.165, 1.54) is 19.3 Å². The second-order valence-corrected chi connectivity index (χ2v) is 5.53. The second kappa shape index (κ2) is 5.72. The van der Waals surface area contributed by atoms with Crippen molar-refractivity contribution >= 4 is 17.4 Å². The zero-order valence-corrected chi connectivity index (χ0v) is 11.5. The van der Waals surface area contributed by atoms with Gasteiger partial charge in [-0.1, -0.05) is 13.8 Å². The van der Waals surface area contributed by atoms with Gasteiger partial charge in [-0.25, -0.2) is 4.98 Å².